The van der Waals surface area contributed by atoms with Crippen LogP contribution in [0.4, 0.5) is 14.5 Å². The molecule has 0 heterocycles. The summed E-state index contributed by atoms with van der Waals surface area (Å²) in [5.41, 5.74) is -1.80. The molecule has 0 aliphatic rings. The van der Waals surface area contributed by atoms with Crippen LogP contribution in [0.25, 0.3) is 5.03 Å². The van der Waals surface area contributed by atoms with Crippen LogP contribution >= 0.6 is 11.6 Å². The van der Waals surface area contributed by atoms with E-state index in [0.29, 0.717) is 6.07 Å². The Balaban J connectivity index is 3.61. The van der Waals surface area contributed by atoms with Crippen LogP contribution in [0.2, 0.25) is 0 Å². The van der Waals surface area contributed by atoms with E-state index in [1.54, 1.807) is 6.07 Å². The quantitative estimate of drug-likeness (QED) is 0.464. The number of nitro groups is 1. The fourth-order valence-corrected chi connectivity index (χ4v) is 1.34. The van der Waals surface area contributed by atoms with Crippen molar-refractivity contribution in [2.75, 3.05) is 0 Å². The molecule has 0 N–H and O–H groups in total. The average molecular weight is 259 g/mol. The van der Waals surface area contributed by atoms with Gasteiger partial charge in [0.25, 0.3) is 0 Å². The maximum Gasteiger partial charge on any atom is 0.305 e. The first kappa shape index (κ1) is 13.1. The van der Waals surface area contributed by atoms with Gasteiger partial charge in [-0.3, -0.25) is 10.1 Å². The van der Waals surface area contributed by atoms with Gasteiger partial charge in [0.2, 0.25) is 5.82 Å². The van der Waals surface area contributed by atoms with E-state index in [-0.39, 0.29) is 5.57 Å². The molecule has 0 atom stereocenters. The number of halogens is 3. The van der Waals surface area contributed by atoms with Gasteiger partial charge in [0.15, 0.2) is 0 Å². The molecule has 88 valence electrons. The summed E-state index contributed by atoms with van der Waals surface area (Å²) in [5.74, 6) is -2.46. The molecular weight excluding hydrogens is 254 g/mol. The maximum absolute atomic E-state index is 13.6. The zero-order valence-electron chi connectivity index (χ0n) is 8.50. The number of nitro benzene ring substituents is 1. The number of nitriles is 1. The maximum atomic E-state index is 13.6. The van der Waals surface area contributed by atoms with Gasteiger partial charge in [-0.05, 0) is 13.0 Å². The minimum Gasteiger partial charge on any atom is -0.258 e. The molecule has 0 fully saturated rings. The molecule has 0 saturated carbocycles. The van der Waals surface area contributed by atoms with Gasteiger partial charge in [-0.1, -0.05) is 11.6 Å². The van der Waals surface area contributed by atoms with Crippen molar-refractivity contribution in [2.45, 2.75) is 6.92 Å². The summed E-state index contributed by atoms with van der Waals surface area (Å²) >= 11 is 5.60. The molecule has 1 aromatic carbocycles. The SMILES string of the molecule is CC(C#N)=C(Cl)c1c(F)ccc([N+](=O)[O-])c1F. The van der Waals surface area contributed by atoms with Crippen LogP contribution in [0.15, 0.2) is 17.7 Å². The number of benzene rings is 1. The van der Waals surface area contributed by atoms with Crippen LogP contribution in [0, 0.1) is 33.1 Å². The van der Waals surface area contributed by atoms with Crippen molar-refractivity contribution < 1.29 is 13.7 Å². The van der Waals surface area contributed by atoms with Crippen molar-refractivity contribution in [2.24, 2.45) is 0 Å². The summed E-state index contributed by atoms with van der Waals surface area (Å²) in [4.78, 5) is 9.47. The minimum absolute atomic E-state index is 0.134. The topological polar surface area (TPSA) is 66.9 Å². The van der Waals surface area contributed by atoms with Crippen molar-refractivity contribution in [1.29, 1.82) is 5.26 Å². The van der Waals surface area contributed by atoms with Gasteiger partial charge in [0, 0.05) is 11.6 Å². The first-order valence-electron chi connectivity index (χ1n) is 4.29. The summed E-state index contributed by atoms with van der Waals surface area (Å²) in [5, 5.41) is 18.5. The van der Waals surface area contributed by atoms with Gasteiger partial charge in [0.05, 0.1) is 21.6 Å². The molecular formula is C10H5ClF2N2O2. The monoisotopic (exact) mass is 258 g/mol. The van der Waals surface area contributed by atoms with Crippen LogP contribution < -0.4 is 0 Å². The lowest BCUT2D eigenvalue weighted by Crippen LogP contribution is -1.99. The van der Waals surface area contributed by atoms with Crippen LogP contribution in [-0.2, 0) is 0 Å². The van der Waals surface area contributed by atoms with Crippen LogP contribution in [0.1, 0.15) is 12.5 Å². The molecule has 7 heteroatoms. The third kappa shape index (κ3) is 2.40. The van der Waals surface area contributed by atoms with Crippen molar-refractivity contribution in [3.63, 3.8) is 0 Å². The summed E-state index contributed by atoms with van der Waals surface area (Å²) in [6, 6.07) is 3.03. The Kier molecular flexibility index (Phi) is 3.76. The molecule has 0 aliphatic heterocycles. The van der Waals surface area contributed by atoms with Crippen LogP contribution in [0.5, 0.6) is 0 Å². The van der Waals surface area contributed by atoms with E-state index in [1.165, 1.54) is 6.92 Å². The lowest BCUT2D eigenvalue weighted by atomic mass is 10.1. The van der Waals surface area contributed by atoms with Gasteiger partial charge in [-0.2, -0.15) is 9.65 Å². The summed E-state index contributed by atoms with van der Waals surface area (Å²) in [7, 11) is 0. The highest BCUT2D eigenvalue weighted by atomic mass is 35.5. The highest BCUT2D eigenvalue weighted by Crippen LogP contribution is 2.32. The fraction of sp³-hybridized carbons (Fsp3) is 0.100. The first-order chi connectivity index (χ1) is 7.90. The third-order valence-electron chi connectivity index (χ3n) is 1.98. The van der Waals surface area contributed by atoms with Crippen molar-refractivity contribution in [1.82, 2.24) is 0 Å². The van der Waals surface area contributed by atoms with E-state index in [1.807, 2.05) is 0 Å². The number of hydrogen-bond acceptors (Lipinski definition) is 3. The summed E-state index contributed by atoms with van der Waals surface area (Å²) in [6.07, 6.45) is 0. The number of allylic oxidation sites excluding steroid dienone is 1. The molecule has 1 aromatic rings. The largest absolute Gasteiger partial charge is 0.305 e. The number of nitrogens with zero attached hydrogens (tertiary/aromatic N) is 2. The van der Waals surface area contributed by atoms with Crippen molar-refractivity contribution in [3.05, 3.63) is 45.0 Å². The fourth-order valence-electron chi connectivity index (χ4n) is 1.12. The second-order valence-electron chi connectivity index (χ2n) is 3.06. The first-order valence-corrected chi connectivity index (χ1v) is 4.67. The molecule has 0 saturated heterocycles. The number of rotatable bonds is 2. The van der Waals surface area contributed by atoms with Crippen molar-refractivity contribution >= 4 is 22.3 Å². The van der Waals surface area contributed by atoms with Gasteiger partial charge in [-0.25, -0.2) is 4.39 Å². The molecule has 1 rings (SSSR count). The number of hydrogen-bond donors (Lipinski definition) is 0. The zero-order valence-corrected chi connectivity index (χ0v) is 9.26. The molecule has 0 spiro atoms. The Morgan fingerprint density at radius 3 is 2.59 bits per heavy atom. The summed E-state index contributed by atoms with van der Waals surface area (Å²) < 4.78 is 27.0. The smallest absolute Gasteiger partial charge is 0.258 e. The van der Waals surface area contributed by atoms with Gasteiger partial charge < -0.3 is 0 Å². The zero-order chi connectivity index (χ0) is 13.2. The highest BCUT2D eigenvalue weighted by molar-refractivity contribution is 6.49. The van der Waals surface area contributed by atoms with Crippen LogP contribution in [0.3, 0.4) is 0 Å². The van der Waals surface area contributed by atoms with Gasteiger partial charge in [0.1, 0.15) is 5.82 Å². The Labute approximate surface area is 99.9 Å². The molecule has 0 unspecified atom stereocenters. The van der Waals surface area contributed by atoms with Crippen molar-refractivity contribution in [3.8, 4) is 6.07 Å². The average Bonchev–Trinajstić information content (AvgIpc) is 2.27. The Bertz CT molecular complexity index is 564. The molecule has 0 aliphatic carbocycles. The van der Waals surface area contributed by atoms with E-state index in [4.69, 9.17) is 16.9 Å². The summed E-state index contributed by atoms with van der Waals surface area (Å²) in [6.45, 7) is 1.25. The standard InChI is InChI=1S/C10H5ClF2N2O2/c1-5(4-14)9(11)8-6(12)2-3-7(10(8)13)15(16)17/h2-3H,1H3. The molecule has 0 bridgehead atoms. The van der Waals surface area contributed by atoms with E-state index in [0.717, 1.165) is 6.07 Å². The second-order valence-corrected chi connectivity index (χ2v) is 3.44. The van der Waals surface area contributed by atoms with E-state index in [9.17, 15) is 18.9 Å². The second kappa shape index (κ2) is 4.89. The molecule has 0 aromatic heterocycles. The Morgan fingerprint density at radius 2 is 2.12 bits per heavy atom. The van der Waals surface area contributed by atoms with E-state index < -0.39 is 32.8 Å². The van der Waals surface area contributed by atoms with E-state index >= 15 is 0 Å². The lowest BCUT2D eigenvalue weighted by Gasteiger charge is -2.04. The molecule has 4 nitrogen and oxygen atoms in total. The highest BCUT2D eigenvalue weighted by Gasteiger charge is 2.24. The van der Waals surface area contributed by atoms with Crippen LogP contribution in [-0.4, -0.2) is 4.92 Å². The normalized spacial score (nSPS) is 11.7. The Hall–Kier alpha value is -2.00. The van der Waals surface area contributed by atoms with E-state index in [2.05, 4.69) is 0 Å². The molecule has 17 heavy (non-hydrogen) atoms. The minimum atomic E-state index is -1.39. The van der Waals surface area contributed by atoms with Gasteiger partial charge >= 0.3 is 5.69 Å². The predicted molar refractivity (Wildman–Crippen MR) is 57.1 cm³/mol. The molecule has 0 radical (unpaired) electrons. The van der Waals surface area contributed by atoms with Gasteiger partial charge in [-0.15, -0.1) is 0 Å². The third-order valence-corrected chi connectivity index (χ3v) is 2.46. The molecule has 0 amide bonds. The Morgan fingerprint density at radius 1 is 1.53 bits per heavy atom. The predicted octanol–water partition coefficient (Wildman–Crippen LogP) is 3.37. The lowest BCUT2D eigenvalue weighted by molar-refractivity contribution is -0.387.